The summed E-state index contributed by atoms with van der Waals surface area (Å²) in [6.45, 7) is 5.71. The van der Waals surface area contributed by atoms with E-state index in [0.717, 1.165) is 0 Å². The molecule has 4 N–H and O–H groups in total. The maximum Gasteiger partial charge on any atom is 0.417 e. The number of aromatic amines is 1. The lowest BCUT2D eigenvalue weighted by atomic mass is 9.90. The first-order valence-electron chi connectivity index (χ1n) is 15.9. The number of benzene rings is 1. The van der Waals surface area contributed by atoms with Gasteiger partial charge < -0.3 is 30.4 Å². The van der Waals surface area contributed by atoms with Crippen LogP contribution in [0.15, 0.2) is 30.3 Å². The Morgan fingerprint density at radius 3 is 2.47 bits per heavy atom. The lowest BCUT2D eigenvalue weighted by Gasteiger charge is -2.28. The molecule has 0 aliphatic carbocycles. The van der Waals surface area contributed by atoms with Gasteiger partial charge in [-0.25, -0.2) is 4.79 Å². The summed E-state index contributed by atoms with van der Waals surface area (Å²) in [6.07, 6.45) is -3.82. The number of fused-ring (bicyclic) bond motifs is 1. The topological polar surface area (TPSA) is 169 Å². The molecule has 2 aromatic heterocycles. The minimum Gasteiger partial charge on any atom is -0.496 e. The second-order valence-corrected chi connectivity index (χ2v) is 12.5. The van der Waals surface area contributed by atoms with Gasteiger partial charge in [0.25, 0.3) is 5.91 Å². The number of piperidine rings is 1. The summed E-state index contributed by atoms with van der Waals surface area (Å²) in [5, 5.41) is 8.69. The first-order chi connectivity index (χ1) is 23.1. The highest BCUT2D eigenvalue weighted by molar-refractivity contribution is 6.02. The highest BCUT2D eigenvalue weighted by Crippen LogP contribution is 2.34. The molecule has 1 aliphatic heterocycles. The highest BCUT2D eigenvalue weighted by atomic mass is 19.4. The summed E-state index contributed by atoms with van der Waals surface area (Å²) >= 11 is 0. The van der Waals surface area contributed by atoms with Gasteiger partial charge >= 0.3 is 12.1 Å². The molecule has 15 heteroatoms. The lowest BCUT2D eigenvalue weighted by molar-refractivity contribution is -0.138. The van der Waals surface area contributed by atoms with Gasteiger partial charge in [-0.05, 0) is 69.7 Å². The van der Waals surface area contributed by atoms with Crippen molar-refractivity contribution in [2.24, 2.45) is 11.8 Å². The molecule has 1 aromatic carbocycles. The fourth-order valence-corrected chi connectivity index (χ4v) is 5.87. The standard InChI is InChI=1S/C34H40F3N5O7/c1-17(2)12-25(42-32(46)26-15-21-23(40-26)9-6-10-28(21)48-5)31(45)41-24(14-20-8-7-11-38-30(20)44)27(43)16-49-33(47)29-19(4)39-18(3)13-22(29)34(35,36)37/h6,9-10,13,15,17,20,24-25,40H,7-8,11-12,14,16H2,1-5H3,(H,38,44)(H,41,45)(H,42,46). The van der Waals surface area contributed by atoms with Crippen LogP contribution in [0.2, 0.25) is 0 Å². The van der Waals surface area contributed by atoms with Crippen LogP contribution in [0.1, 0.15) is 77.3 Å². The molecule has 1 aliphatic rings. The molecule has 0 saturated carbocycles. The van der Waals surface area contributed by atoms with Crippen LogP contribution in [0.3, 0.4) is 0 Å². The molecule has 1 fully saturated rings. The van der Waals surface area contributed by atoms with E-state index in [1.165, 1.54) is 21.0 Å². The van der Waals surface area contributed by atoms with Crippen molar-refractivity contribution in [1.29, 1.82) is 0 Å². The molecular weight excluding hydrogens is 647 g/mol. The number of nitrogens with one attached hydrogen (secondary N) is 4. The van der Waals surface area contributed by atoms with Crippen LogP contribution in [-0.2, 0) is 25.3 Å². The van der Waals surface area contributed by atoms with E-state index in [9.17, 15) is 37.1 Å². The molecule has 264 valence electrons. The number of carbonyl (C=O) groups is 5. The van der Waals surface area contributed by atoms with Gasteiger partial charge in [0.2, 0.25) is 11.8 Å². The molecule has 0 spiro atoms. The number of methoxy groups -OCH3 is 1. The van der Waals surface area contributed by atoms with Crippen molar-refractivity contribution in [2.75, 3.05) is 20.3 Å². The molecule has 0 radical (unpaired) electrons. The normalized spacial score (nSPS) is 16.1. The largest absolute Gasteiger partial charge is 0.496 e. The van der Waals surface area contributed by atoms with Gasteiger partial charge in [0, 0.05) is 29.1 Å². The van der Waals surface area contributed by atoms with E-state index in [0.29, 0.717) is 42.1 Å². The first kappa shape index (κ1) is 36.9. The Hall–Kier alpha value is -4.95. The van der Waals surface area contributed by atoms with E-state index < -0.39 is 65.5 Å². The number of H-pyrrole nitrogens is 1. The average Bonchev–Trinajstić information content (AvgIpc) is 3.48. The van der Waals surface area contributed by atoms with Gasteiger partial charge in [0.1, 0.15) is 17.5 Å². The summed E-state index contributed by atoms with van der Waals surface area (Å²) in [4.78, 5) is 72.9. The Labute approximate surface area is 280 Å². The monoisotopic (exact) mass is 687 g/mol. The van der Waals surface area contributed by atoms with Crippen molar-refractivity contribution in [3.8, 4) is 5.75 Å². The zero-order valence-electron chi connectivity index (χ0n) is 27.9. The fraction of sp³-hybridized carbons (Fsp3) is 0.471. The number of amides is 3. The predicted molar refractivity (Wildman–Crippen MR) is 172 cm³/mol. The number of aromatic nitrogens is 2. The number of carbonyl (C=O) groups excluding carboxylic acids is 5. The predicted octanol–water partition coefficient (Wildman–Crippen LogP) is 4.18. The van der Waals surface area contributed by atoms with Crippen molar-refractivity contribution >= 4 is 40.4 Å². The van der Waals surface area contributed by atoms with Gasteiger partial charge in [-0.15, -0.1) is 0 Å². The maximum atomic E-state index is 13.8. The molecule has 49 heavy (non-hydrogen) atoms. The Balaban J connectivity index is 1.54. The zero-order valence-corrected chi connectivity index (χ0v) is 27.9. The number of halogens is 3. The molecule has 3 unspecified atom stereocenters. The molecule has 3 aromatic rings. The summed E-state index contributed by atoms with van der Waals surface area (Å²) in [5.74, 6) is -4.10. The number of ether oxygens (including phenoxy) is 2. The first-order valence-corrected chi connectivity index (χ1v) is 15.9. The number of esters is 1. The number of alkyl halides is 3. The van der Waals surface area contributed by atoms with Crippen molar-refractivity contribution in [2.45, 2.75) is 71.6 Å². The van der Waals surface area contributed by atoms with Gasteiger partial charge in [-0.3, -0.25) is 24.2 Å². The van der Waals surface area contributed by atoms with Crippen molar-refractivity contribution in [3.63, 3.8) is 0 Å². The number of nitrogens with zero attached hydrogens (tertiary/aromatic N) is 1. The Bertz CT molecular complexity index is 1740. The minimum atomic E-state index is -4.89. The van der Waals surface area contributed by atoms with Crippen LogP contribution in [0.25, 0.3) is 10.9 Å². The van der Waals surface area contributed by atoms with Crippen molar-refractivity contribution in [3.05, 3.63) is 58.5 Å². The van der Waals surface area contributed by atoms with E-state index in [1.807, 2.05) is 13.8 Å². The SMILES string of the molecule is COc1cccc2[nH]c(C(=O)NC(CC(C)C)C(=O)NC(CC3CCCNC3=O)C(=O)COC(=O)c3c(C(F)(F)F)cc(C)nc3C)cc12. The number of rotatable bonds is 13. The second kappa shape index (κ2) is 15.5. The third kappa shape index (κ3) is 9.15. The van der Waals surface area contributed by atoms with Gasteiger partial charge in [-0.1, -0.05) is 19.9 Å². The van der Waals surface area contributed by atoms with Gasteiger partial charge in [0.05, 0.1) is 30.0 Å². The summed E-state index contributed by atoms with van der Waals surface area (Å²) in [5.41, 5.74) is -1.46. The van der Waals surface area contributed by atoms with E-state index in [1.54, 1.807) is 24.3 Å². The molecule has 12 nitrogen and oxygen atoms in total. The summed E-state index contributed by atoms with van der Waals surface area (Å²) in [7, 11) is 1.50. The number of aryl methyl sites for hydroxylation is 2. The molecular formula is C34H40F3N5O7. The molecule has 4 rings (SSSR count). The smallest absolute Gasteiger partial charge is 0.417 e. The van der Waals surface area contributed by atoms with E-state index >= 15 is 0 Å². The number of hydrogen-bond acceptors (Lipinski definition) is 8. The van der Waals surface area contributed by atoms with Crippen molar-refractivity contribution in [1.82, 2.24) is 25.9 Å². The fourth-order valence-electron chi connectivity index (χ4n) is 5.87. The molecule has 3 amide bonds. The zero-order chi connectivity index (χ0) is 36.0. The highest BCUT2D eigenvalue weighted by Gasteiger charge is 2.38. The van der Waals surface area contributed by atoms with Crippen molar-refractivity contribution < 1.29 is 46.6 Å². The minimum absolute atomic E-state index is 0.0401. The molecule has 3 atom stereocenters. The van der Waals surface area contributed by atoms with Crippen LogP contribution >= 0.6 is 0 Å². The van der Waals surface area contributed by atoms with Crippen LogP contribution in [0, 0.1) is 25.7 Å². The Morgan fingerprint density at radius 2 is 1.82 bits per heavy atom. The quantitative estimate of drug-likeness (QED) is 0.194. The molecule has 1 saturated heterocycles. The second-order valence-electron chi connectivity index (χ2n) is 12.5. The number of Topliss-reactive ketones (excluding diaryl/α,β-unsaturated/α-hetero) is 1. The van der Waals surface area contributed by atoms with Gasteiger partial charge in [0.15, 0.2) is 12.4 Å². The van der Waals surface area contributed by atoms with Crippen LogP contribution in [0.4, 0.5) is 13.2 Å². The summed E-state index contributed by atoms with van der Waals surface area (Å²) in [6, 6.07) is 5.08. The van der Waals surface area contributed by atoms with E-state index in [4.69, 9.17) is 9.47 Å². The lowest BCUT2D eigenvalue weighted by Crippen LogP contribution is -2.54. The number of pyridine rings is 1. The summed E-state index contributed by atoms with van der Waals surface area (Å²) < 4.78 is 51.7. The molecule has 3 heterocycles. The third-order valence-electron chi connectivity index (χ3n) is 8.23. The van der Waals surface area contributed by atoms with Crippen LogP contribution in [-0.4, -0.2) is 71.8 Å². The number of hydrogen-bond donors (Lipinski definition) is 4. The maximum absolute atomic E-state index is 13.8. The molecule has 0 bridgehead atoms. The third-order valence-corrected chi connectivity index (χ3v) is 8.23. The van der Waals surface area contributed by atoms with Gasteiger partial charge in [-0.2, -0.15) is 13.2 Å². The van der Waals surface area contributed by atoms with Crippen LogP contribution in [0.5, 0.6) is 5.75 Å². The Kier molecular flexibility index (Phi) is 11.7. The van der Waals surface area contributed by atoms with E-state index in [2.05, 4.69) is 25.9 Å². The van der Waals surface area contributed by atoms with E-state index in [-0.39, 0.29) is 41.7 Å². The van der Waals surface area contributed by atoms with Crippen LogP contribution < -0.4 is 20.7 Å². The number of ketones is 1. The Morgan fingerprint density at radius 1 is 1.08 bits per heavy atom. The average molecular weight is 688 g/mol.